The number of amides is 3. The van der Waals surface area contributed by atoms with Gasteiger partial charge in [0.2, 0.25) is 0 Å². The summed E-state index contributed by atoms with van der Waals surface area (Å²) in [7, 11) is 0. The molecule has 6 fully saturated rings. The lowest BCUT2D eigenvalue weighted by atomic mass is 9.99. The topological polar surface area (TPSA) is 274 Å². The SMILES string of the molecule is Cc1cc(C)c(C(=O)N2CCN(CC(F)(F)F)[C@H](CO)C2)cc1NC1CCN(c2ccccc2C#N)CC1.Cc1cc(C)c(C(=O)N2CCN(c3cc(F)ccn3)[C@@H](CO)C2)cc1NC1CCN(c2ccccc2C#N)CC1.Cc1cc(C)c(C(=O)N2CCN(c3cc(F)ccn3)[C@H](CO)C2)cc1NC1CCN(c2ccccc2C#N)CC1. The second-order valence-corrected chi connectivity index (χ2v) is 31.4. The summed E-state index contributed by atoms with van der Waals surface area (Å²) < 4.78 is 66.3. The number of hydrogen-bond donors (Lipinski definition) is 6. The molecule has 6 N–H and O–H groups in total. The number of aromatic nitrogens is 2. The van der Waals surface area contributed by atoms with E-state index in [1.54, 1.807) is 14.7 Å². The van der Waals surface area contributed by atoms with E-state index in [0.717, 1.165) is 145 Å². The number of nitrogens with zero attached hydrogens (tertiary/aromatic N) is 14. The lowest BCUT2D eigenvalue weighted by Crippen LogP contribution is -2.58. The van der Waals surface area contributed by atoms with Gasteiger partial charge in [0, 0.05) is 175 Å². The molecule has 0 spiro atoms. The van der Waals surface area contributed by atoms with Gasteiger partial charge in [-0.25, -0.2) is 18.7 Å². The summed E-state index contributed by atoms with van der Waals surface area (Å²) >= 11 is 0. The number of alkyl halides is 3. The van der Waals surface area contributed by atoms with Crippen LogP contribution in [0.4, 0.5) is 67.7 Å². The first-order chi connectivity index (χ1) is 56.8. The number of aliphatic hydroxyl groups is 3. The molecular weight excluding hydrogens is 1510 g/mol. The number of halogens is 5. The van der Waals surface area contributed by atoms with Crippen LogP contribution in [0.5, 0.6) is 0 Å². The fourth-order valence-electron chi connectivity index (χ4n) is 17.0. The zero-order valence-corrected chi connectivity index (χ0v) is 67.7. The van der Waals surface area contributed by atoms with Crippen molar-refractivity contribution < 1.29 is 51.7 Å². The zero-order chi connectivity index (χ0) is 83.9. The van der Waals surface area contributed by atoms with E-state index in [-0.39, 0.29) is 92.4 Å². The molecule has 0 saturated carbocycles. The van der Waals surface area contributed by atoms with Crippen molar-refractivity contribution in [1.29, 1.82) is 15.8 Å². The van der Waals surface area contributed by atoms with Gasteiger partial charge in [0.1, 0.15) is 41.5 Å². The number of pyridine rings is 2. The third-order valence-corrected chi connectivity index (χ3v) is 23.5. The van der Waals surface area contributed by atoms with Crippen LogP contribution in [0.1, 0.15) is 120 Å². The normalized spacial score (nSPS) is 18.4. The molecule has 2 aromatic heterocycles. The molecule has 118 heavy (non-hydrogen) atoms. The molecule has 8 heterocycles. The minimum Gasteiger partial charge on any atom is -0.395 e. The summed E-state index contributed by atoms with van der Waals surface area (Å²) in [5, 5.41) is 69.1. The number of para-hydroxylation sites is 3. The minimum absolute atomic E-state index is 0.0458. The fourth-order valence-corrected chi connectivity index (χ4v) is 17.0. The van der Waals surface area contributed by atoms with Gasteiger partial charge < -0.3 is 70.5 Å². The first kappa shape index (κ1) is 85.8. The van der Waals surface area contributed by atoms with Crippen molar-refractivity contribution in [2.24, 2.45) is 0 Å². The van der Waals surface area contributed by atoms with Gasteiger partial charge in [-0.15, -0.1) is 0 Å². The molecule has 28 heteroatoms. The van der Waals surface area contributed by atoms with E-state index < -0.39 is 25.4 Å². The predicted molar refractivity (Wildman–Crippen MR) is 449 cm³/mol. The molecule has 620 valence electrons. The van der Waals surface area contributed by atoms with Gasteiger partial charge in [-0.2, -0.15) is 29.0 Å². The number of nitriles is 3. The number of piperazine rings is 3. The van der Waals surface area contributed by atoms with Gasteiger partial charge in [0.15, 0.2) is 0 Å². The average Bonchev–Trinajstić information content (AvgIpc) is 0.801. The van der Waals surface area contributed by atoms with Crippen LogP contribution in [0.15, 0.2) is 146 Å². The minimum atomic E-state index is -4.36. The second kappa shape index (κ2) is 39.1. The van der Waals surface area contributed by atoms with E-state index in [2.05, 4.69) is 72.7 Å². The van der Waals surface area contributed by atoms with Gasteiger partial charge in [-0.1, -0.05) is 54.6 Å². The predicted octanol–water partition coefficient (Wildman–Crippen LogP) is 12.2. The zero-order valence-electron chi connectivity index (χ0n) is 67.7. The van der Waals surface area contributed by atoms with Crippen LogP contribution in [0.3, 0.4) is 0 Å². The van der Waals surface area contributed by atoms with E-state index in [9.17, 15) is 67.4 Å². The van der Waals surface area contributed by atoms with Gasteiger partial charge in [-0.3, -0.25) is 19.3 Å². The highest BCUT2D eigenvalue weighted by molar-refractivity contribution is 5.99. The molecule has 3 atom stereocenters. The number of anilines is 8. The van der Waals surface area contributed by atoms with Crippen molar-refractivity contribution in [2.75, 3.05) is 165 Å². The van der Waals surface area contributed by atoms with E-state index in [1.165, 1.54) is 41.6 Å². The average molecular weight is 1610 g/mol. The number of carbonyl (C=O) groups excluding carboxylic acids is 3. The second-order valence-electron chi connectivity index (χ2n) is 31.4. The molecule has 23 nitrogen and oxygen atoms in total. The van der Waals surface area contributed by atoms with Gasteiger partial charge >= 0.3 is 6.18 Å². The highest BCUT2D eigenvalue weighted by Crippen LogP contribution is 2.35. The Kier molecular flexibility index (Phi) is 28.4. The molecule has 0 bridgehead atoms. The van der Waals surface area contributed by atoms with E-state index in [4.69, 9.17) is 0 Å². The van der Waals surface area contributed by atoms with Crippen LogP contribution >= 0.6 is 0 Å². The molecule has 8 aromatic rings. The van der Waals surface area contributed by atoms with Crippen molar-refractivity contribution in [3.63, 3.8) is 0 Å². The first-order valence-electron chi connectivity index (χ1n) is 40.5. The molecular formula is C90H104F5N17O6. The van der Waals surface area contributed by atoms with Crippen LogP contribution < -0.4 is 40.4 Å². The van der Waals surface area contributed by atoms with Crippen molar-refractivity contribution in [2.45, 2.75) is 122 Å². The van der Waals surface area contributed by atoms with Crippen molar-refractivity contribution >= 4 is 63.5 Å². The highest BCUT2D eigenvalue weighted by Gasteiger charge is 2.39. The molecule has 6 aliphatic rings. The van der Waals surface area contributed by atoms with Gasteiger partial charge in [0.05, 0.1) is 78.2 Å². The van der Waals surface area contributed by atoms with Crippen LogP contribution in [0.25, 0.3) is 0 Å². The number of carbonyl (C=O) groups is 3. The maximum atomic E-state index is 13.8. The molecule has 3 amide bonds. The molecule has 0 radical (unpaired) electrons. The van der Waals surface area contributed by atoms with Crippen molar-refractivity contribution in [3.05, 3.63) is 224 Å². The fraction of sp³-hybridized carbons (Fsp3) is 0.422. The largest absolute Gasteiger partial charge is 0.401 e. The first-order valence-corrected chi connectivity index (χ1v) is 40.5. The maximum absolute atomic E-state index is 13.8. The van der Waals surface area contributed by atoms with E-state index in [1.807, 2.05) is 147 Å². The number of piperidine rings is 3. The van der Waals surface area contributed by atoms with Crippen LogP contribution in [0.2, 0.25) is 0 Å². The number of nitrogens with one attached hydrogen (secondary N) is 3. The Hall–Kier alpha value is -11.6. The standard InChI is InChI=1S/2C31H35FN6O2.C28H34F3N5O2/c2*1-21-15-22(2)28(35-25-8-11-36(12-9-25)29-6-4-3-5-23(29)18-33)17-27(21)31(40)37-13-14-38(26(19-37)20-39)30-16-24(32)7-10-34-30;1-19-13-20(2)25(33-22-7-9-34(10-8-22)26-6-4-3-5-21(26)15-32)14-24(19)27(38)35-11-12-36(18-28(29,30)31)23(16-35)17-37/h2*3-7,10,15-17,25-26,35,39H,8-9,11-14,19-20H2,1-2H3;3-6,13-14,22-23,33,37H,7-12,16-18H2,1-2H3/t2*26-;23-/m100/s1. The number of aryl methyl sites for hydroxylation is 6. The van der Waals surface area contributed by atoms with Crippen LogP contribution in [-0.4, -0.2) is 230 Å². The van der Waals surface area contributed by atoms with E-state index in [0.29, 0.717) is 84.3 Å². The smallest absolute Gasteiger partial charge is 0.395 e. The van der Waals surface area contributed by atoms with Gasteiger partial charge in [-0.05, 0) is 180 Å². The monoisotopic (exact) mass is 1610 g/mol. The Morgan fingerprint density at radius 2 is 0.720 bits per heavy atom. The maximum Gasteiger partial charge on any atom is 0.401 e. The van der Waals surface area contributed by atoms with E-state index >= 15 is 0 Å². The molecule has 0 aliphatic carbocycles. The number of rotatable bonds is 18. The Morgan fingerprint density at radius 1 is 0.415 bits per heavy atom. The molecule has 6 aliphatic heterocycles. The molecule has 0 unspecified atom stereocenters. The molecule has 6 aromatic carbocycles. The Labute approximate surface area is 687 Å². The van der Waals surface area contributed by atoms with Gasteiger partial charge in [0.25, 0.3) is 17.7 Å². The quantitative estimate of drug-likeness (QED) is 0.0436. The van der Waals surface area contributed by atoms with Crippen molar-refractivity contribution in [1.82, 2.24) is 29.6 Å². The Bertz CT molecular complexity index is 4780. The Morgan fingerprint density at radius 3 is 1.02 bits per heavy atom. The summed E-state index contributed by atoms with van der Waals surface area (Å²) in [5.74, 6) is -0.222. The number of benzene rings is 6. The lowest BCUT2D eigenvalue weighted by Gasteiger charge is -2.41. The van der Waals surface area contributed by atoms with Crippen LogP contribution in [0, 0.1) is 87.2 Å². The summed E-state index contributed by atoms with van der Waals surface area (Å²) in [6, 6.07) is 46.2. The summed E-state index contributed by atoms with van der Waals surface area (Å²) in [6.45, 7) is 17.7. The molecule has 6 saturated heterocycles. The number of aliphatic hydroxyl groups excluding tert-OH is 3. The van der Waals surface area contributed by atoms with Crippen LogP contribution in [-0.2, 0) is 0 Å². The Balaban J connectivity index is 0.000000163. The highest BCUT2D eigenvalue weighted by atomic mass is 19.4. The summed E-state index contributed by atoms with van der Waals surface area (Å²) in [4.78, 5) is 66.1. The summed E-state index contributed by atoms with van der Waals surface area (Å²) in [5.41, 5.74) is 15.3. The lowest BCUT2D eigenvalue weighted by molar-refractivity contribution is -0.156. The number of hydrogen-bond acceptors (Lipinski definition) is 20. The third kappa shape index (κ3) is 20.8. The summed E-state index contributed by atoms with van der Waals surface area (Å²) in [6.07, 6.45) is 3.89. The third-order valence-electron chi connectivity index (χ3n) is 23.5. The van der Waals surface area contributed by atoms with Crippen molar-refractivity contribution in [3.8, 4) is 18.2 Å². The molecule has 14 rings (SSSR count).